The molecular formula is C15H24BrNO. The molecule has 0 saturated carbocycles. The molecule has 3 heteroatoms. The lowest BCUT2D eigenvalue weighted by Gasteiger charge is -2.17. The lowest BCUT2D eigenvalue weighted by molar-refractivity contribution is 0.191. The van der Waals surface area contributed by atoms with Gasteiger partial charge in [-0.2, -0.15) is 0 Å². The average molecular weight is 314 g/mol. The highest BCUT2D eigenvalue weighted by molar-refractivity contribution is 9.10. The minimum absolute atomic E-state index is 0.239. The van der Waals surface area contributed by atoms with Crippen molar-refractivity contribution in [3.63, 3.8) is 0 Å². The van der Waals surface area contributed by atoms with Crippen molar-refractivity contribution in [2.45, 2.75) is 58.6 Å². The maximum absolute atomic E-state index is 5.97. The quantitative estimate of drug-likeness (QED) is 0.814. The van der Waals surface area contributed by atoms with E-state index in [2.05, 4.69) is 48.8 Å². The highest BCUT2D eigenvalue weighted by atomic mass is 79.9. The first-order valence-corrected chi connectivity index (χ1v) is 7.60. The predicted molar refractivity (Wildman–Crippen MR) is 81.1 cm³/mol. The molecule has 1 aromatic rings. The summed E-state index contributed by atoms with van der Waals surface area (Å²) in [4.78, 5) is 0. The summed E-state index contributed by atoms with van der Waals surface area (Å²) in [6, 6.07) is 6.51. The van der Waals surface area contributed by atoms with E-state index in [1.54, 1.807) is 0 Å². The number of benzene rings is 1. The van der Waals surface area contributed by atoms with Gasteiger partial charge in [0.05, 0.1) is 10.6 Å². The van der Waals surface area contributed by atoms with E-state index >= 15 is 0 Å². The normalized spacial score (nSPS) is 12.8. The molecule has 0 aromatic heterocycles. The van der Waals surface area contributed by atoms with Crippen LogP contribution in [0, 0.1) is 0 Å². The van der Waals surface area contributed by atoms with Crippen LogP contribution in [0.1, 0.15) is 45.6 Å². The standard InChI is InChI=1S/C15H24BrNO/c1-4-12(17)9-11-7-8-15(14(16)10-11)18-13(5-2)6-3/h7-8,10,12-13H,4-6,9,17H2,1-3H3. The largest absolute Gasteiger partial charge is 0.489 e. The number of hydrogen-bond donors (Lipinski definition) is 1. The van der Waals surface area contributed by atoms with Crippen molar-refractivity contribution in [2.75, 3.05) is 0 Å². The Morgan fingerprint density at radius 3 is 2.33 bits per heavy atom. The summed E-state index contributed by atoms with van der Waals surface area (Å²) in [5, 5.41) is 0. The summed E-state index contributed by atoms with van der Waals surface area (Å²) in [5.41, 5.74) is 7.23. The Labute approximate surface area is 119 Å². The molecule has 1 rings (SSSR count). The number of hydrogen-bond acceptors (Lipinski definition) is 2. The fourth-order valence-corrected chi connectivity index (χ4v) is 2.37. The van der Waals surface area contributed by atoms with Crippen LogP contribution in [0.4, 0.5) is 0 Å². The molecule has 0 spiro atoms. The van der Waals surface area contributed by atoms with Crippen molar-refractivity contribution >= 4 is 15.9 Å². The van der Waals surface area contributed by atoms with Crippen molar-refractivity contribution in [1.82, 2.24) is 0 Å². The third-order valence-corrected chi connectivity index (χ3v) is 3.84. The van der Waals surface area contributed by atoms with Crippen LogP contribution in [0.3, 0.4) is 0 Å². The zero-order valence-electron chi connectivity index (χ0n) is 11.6. The summed E-state index contributed by atoms with van der Waals surface area (Å²) in [6.45, 7) is 6.41. The van der Waals surface area contributed by atoms with Gasteiger partial charge in [-0.3, -0.25) is 0 Å². The Balaban J connectivity index is 2.73. The second kappa shape index (κ2) is 7.80. The molecular weight excluding hydrogens is 290 g/mol. The molecule has 2 N–H and O–H groups in total. The van der Waals surface area contributed by atoms with Crippen LogP contribution in [0.2, 0.25) is 0 Å². The molecule has 0 fully saturated rings. The maximum atomic E-state index is 5.97. The summed E-state index contributed by atoms with van der Waals surface area (Å²) in [6.07, 6.45) is 4.28. The van der Waals surface area contributed by atoms with E-state index in [1.165, 1.54) is 5.56 Å². The molecule has 2 nitrogen and oxygen atoms in total. The van der Waals surface area contributed by atoms with E-state index in [0.717, 1.165) is 35.9 Å². The molecule has 0 radical (unpaired) electrons. The Morgan fingerprint density at radius 2 is 1.83 bits per heavy atom. The molecule has 0 aliphatic rings. The van der Waals surface area contributed by atoms with Gasteiger partial charge in [-0.05, 0) is 59.3 Å². The van der Waals surface area contributed by atoms with E-state index in [9.17, 15) is 0 Å². The number of ether oxygens (including phenoxy) is 1. The van der Waals surface area contributed by atoms with Gasteiger partial charge in [-0.1, -0.05) is 26.8 Å². The van der Waals surface area contributed by atoms with Crippen LogP contribution in [-0.4, -0.2) is 12.1 Å². The van der Waals surface area contributed by atoms with Crippen LogP contribution >= 0.6 is 15.9 Å². The molecule has 0 aliphatic carbocycles. The minimum Gasteiger partial charge on any atom is -0.489 e. The first-order valence-electron chi connectivity index (χ1n) is 6.81. The first-order chi connectivity index (χ1) is 8.60. The van der Waals surface area contributed by atoms with Crippen LogP contribution in [-0.2, 0) is 6.42 Å². The van der Waals surface area contributed by atoms with Crippen molar-refractivity contribution in [1.29, 1.82) is 0 Å². The van der Waals surface area contributed by atoms with E-state index in [4.69, 9.17) is 10.5 Å². The summed E-state index contributed by atoms with van der Waals surface area (Å²) in [5.74, 6) is 0.928. The van der Waals surface area contributed by atoms with Gasteiger partial charge < -0.3 is 10.5 Å². The number of rotatable bonds is 7. The first kappa shape index (κ1) is 15.5. The highest BCUT2D eigenvalue weighted by Crippen LogP contribution is 2.28. The van der Waals surface area contributed by atoms with E-state index < -0.39 is 0 Å². The SMILES string of the molecule is CCC(N)Cc1ccc(OC(CC)CC)c(Br)c1. The fourth-order valence-electron chi connectivity index (χ4n) is 1.85. The predicted octanol–water partition coefficient (Wildman–Crippen LogP) is 4.30. The number of halogens is 1. The Morgan fingerprint density at radius 1 is 1.17 bits per heavy atom. The molecule has 1 aromatic carbocycles. The molecule has 1 unspecified atom stereocenters. The fraction of sp³-hybridized carbons (Fsp3) is 0.600. The number of nitrogens with two attached hydrogens (primary N) is 1. The lowest BCUT2D eigenvalue weighted by atomic mass is 10.0. The zero-order chi connectivity index (χ0) is 13.5. The Bertz CT molecular complexity index is 364. The smallest absolute Gasteiger partial charge is 0.133 e. The van der Waals surface area contributed by atoms with Crippen molar-refractivity contribution in [3.8, 4) is 5.75 Å². The van der Waals surface area contributed by atoms with Crippen LogP contribution in [0.25, 0.3) is 0 Å². The van der Waals surface area contributed by atoms with Crippen LogP contribution in [0.5, 0.6) is 5.75 Å². The van der Waals surface area contributed by atoms with Crippen molar-refractivity contribution in [2.24, 2.45) is 5.73 Å². The second-order valence-electron chi connectivity index (χ2n) is 4.69. The van der Waals surface area contributed by atoms with Crippen molar-refractivity contribution < 1.29 is 4.74 Å². The van der Waals surface area contributed by atoms with Gasteiger partial charge in [0, 0.05) is 6.04 Å². The van der Waals surface area contributed by atoms with Gasteiger partial charge in [-0.25, -0.2) is 0 Å². The molecule has 18 heavy (non-hydrogen) atoms. The zero-order valence-corrected chi connectivity index (χ0v) is 13.2. The van der Waals surface area contributed by atoms with Crippen LogP contribution in [0.15, 0.2) is 22.7 Å². The monoisotopic (exact) mass is 313 g/mol. The summed E-state index contributed by atoms with van der Waals surface area (Å²) in [7, 11) is 0. The van der Waals surface area contributed by atoms with Gasteiger partial charge >= 0.3 is 0 Å². The van der Waals surface area contributed by atoms with Crippen molar-refractivity contribution in [3.05, 3.63) is 28.2 Å². The molecule has 0 bridgehead atoms. The van der Waals surface area contributed by atoms with Gasteiger partial charge in [-0.15, -0.1) is 0 Å². The molecule has 1 atom stereocenters. The van der Waals surface area contributed by atoms with E-state index in [0.29, 0.717) is 6.10 Å². The Hall–Kier alpha value is -0.540. The molecule has 0 amide bonds. The summed E-state index contributed by atoms with van der Waals surface area (Å²) < 4.78 is 6.98. The van der Waals surface area contributed by atoms with Gasteiger partial charge in [0.15, 0.2) is 0 Å². The Kier molecular flexibility index (Phi) is 6.72. The third-order valence-electron chi connectivity index (χ3n) is 3.22. The maximum Gasteiger partial charge on any atom is 0.133 e. The second-order valence-corrected chi connectivity index (χ2v) is 5.55. The molecule has 0 saturated heterocycles. The highest BCUT2D eigenvalue weighted by Gasteiger charge is 2.09. The topological polar surface area (TPSA) is 35.2 Å². The van der Waals surface area contributed by atoms with Gasteiger partial charge in [0.1, 0.15) is 5.75 Å². The minimum atomic E-state index is 0.239. The van der Waals surface area contributed by atoms with E-state index in [-0.39, 0.29) is 6.04 Å². The van der Waals surface area contributed by atoms with Gasteiger partial charge in [0.25, 0.3) is 0 Å². The van der Waals surface area contributed by atoms with Gasteiger partial charge in [0.2, 0.25) is 0 Å². The lowest BCUT2D eigenvalue weighted by Crippen LogP contribution is -2.21. The average Bonchev–Trinajstić information content (AvgIpc) is 2.38. The van der Waals surface area contributed by atoms with E-state index in [1.807, 2.05) is 6.07 Å². The molecule has 0 aliphatic heterocycles. The summed E-state index contributed by atoms with van der Waals surface area (Å²) >= 11 is 3.58. The van der Waals surface area contributed by atoms with Crippen LogP contribution < -0.4 is 10.5 Å². The molecule has 102 valence electrons. The third kappa shape index (κ3) is 4.62. The molecule has 0 heterocycles.